The van der Waals surface area contributed by atoms with Crippen LogP contribution >= 0.6 is 0 Å². The van der Waals surface area contributed by atoms with Gasteiger partial charge in [-0.25, -0.2) is 0 Å². The molecule has 0 saturated heterocycles. The number of esters is 1. The topological polar surface area (TPSA) is 80.7 Å². The van der Waals surface area contributed by atoms with Gasteiger partial charge in [-0.2, -0.15) is 0 Å². The summed E-state index contributed by atoms with van der Waals surface area (Å²) < 4.78 is 5.41. The Morgan fingerprint density at radius 1 is 1.00 bits per heavy atom. The number of methoxy groups -OCH3 is 1. The van der Waals surface area contributed by atoms with Crippen molar-refractivity contribution in [2.75, 3.05) is 13.7 Å². The van der Waals surface area contributed by atoms with Crippen molar-refractivity contribution in [2.45, 2.75) is 99.3 Å². The highest BCUT2D eigenvalue weighted by atomic mass is 16.5. The minimum absolute atomic E-state index is 0.0178. The third-order valence-corrected chi connectivity index (χ3v) is 12.9. The second-order valence-corrected chi connectivity index (χ2v) is 14.8. The Morgan fingerprint density at radius 2 is 1.67 bits per heavy atom. The summed E-state index contributed by atoms with van der Waals surface area (Å²) in [4.78, 5) is 40.7. The van der Waals surface area contributed by atoms with E-state index in [4.69, 9.17) is 4.74 Å². The molecule has 200 valence electrons. The maximum absolute atomic E-state index is 14.3. The van der Waals surface area contributed by atoms with E-state index in [0.29, 0.717) is 6.42 Å². The van der Waals surface area contributed by atoms with Crippen LogP contribution in [0, 0.1) is 50.2 Å². The van der Waals surface area contributed by atoms with Gasteiger partial charge in [-0.05, 0) is 90.9 Å². The Balaban J connectivity index is 1.65. The van der Waals surface area contributed by atoms with Gasteiger partial charge in [0.15, 0.2) is 5.78 Å². The minimum atomic E-state index is -0.754. The third kappa shape index (κ3) is 3.01. The Bertz CT molecular complexity index is 1040. The van der Waals surface area contributed by atoms with Crippen molar-refractivity contribution in [3.8, 4) is 0 Å². The lowest BCUT2D eigenvalue weighted by molar-refractivity contribution is -0.193. The third-order valence-electron chi connectivity index (χ3n) is 12.9. The summed E-state index contributed by atoms with van der Waals surface area (Å²) in [5.41, 5.74) is -0.753. The van der Waals surface area contributed by atoms with Crippen molar-refractivity contribution >= 4 is 17.5 Å². The second kappa shape index (κ2) is 7.77. The molecule has 1 N–H and O–H groups in total. The molecule has 4 fully saturated rings. The van der Waals surface area contributed by atoms with Gasteiger partial charge in [-0.3, -0.25) is 14.4 Å². The van der Waals surface area contributed by atoms with Crippen LogP contribution in [-0.4, -0.2) is 36.4 Å². The highest BCUT2D eigenvalue weighted by molar-refractivity contribution is 5.96. The normalized spacial score (nSPS) is 49.7. The molecule has 36 heavy (non-hydrogen) atoms. The molecule has 4 saturated carbocycles. The Morgan fingerprint density at radius 3 is 2.31 bits per heavy atom. The fourth-order valence-corrected chi connectivity index (χ4v) is 10.4. The number of Topliss-reactive ketones (excluding diaryl/α,β-unsaturated/α-hetero) is 1. The standard InChI is InChI=1S/C31H46O5/c1-26(2)12-14-31(25(35)36-7)15-13-30(6)24(19(31)17-26)20(33)16-22-27(3)10-9-23(34)28(4,18-32)21(27)8-11-29(22,30)5/h16,19,21,24,32H,8-15,17-18H2,1-7H3/t19-,21+,24-,27-,28-,29+,30+,31-/m0/s1. The maximum atomic E-state index is 14.3. The molecule has 5 heteroatoms. The zero-order valence-corrected chi connectivity index (χ0v) is 23.5. The van der Waals surface area contributed by atoms with Crippen molar-refractivity contribution < 1.29 is 24.2 Å². The van der Waals surface area contributed by atoms with Gasteiger partial charge >= 0.3 is 5.97 Å². The number of aliphatic hydroxyl groups is 1. The van der Waals surface area contributed by atoms with Crippen LogP contribution in [0.25, 0.3) is 0 Å². The quantitative estimate of drug-likeness (QED) is 0.495. The van der Waals surface area contributed by atoms with E-state index in [9.17, 15) is 19.5 Å². The SMILES string of the molecule is COC(=O)[C@]12CCC(C)(C)C[C@H]1[C@H]1C(=O)C=C3[C@@]4(C)CCC(=O)[C@@](C)(CO)[C@@H]4CC[C@@]3(C)[C@]1(C)CC2. The van der Waals surface area contributed by atoms with Crippen LogP contribution in [-0.2, 0) is 19.1 Å². The zero-order valence-electron chi connectivity index (χ0n) is 23.5. The van der Waals surface area contributed by atoms with E-state index in [2.05, 4.69) is 34.6 Å². The van der Waals surface area contributed by atoms with E-state index in [-0.39, 0.29) is 63.6 Å². The average Bonchev–Trinajstić information content (AvgIpc) is 2.82. The molecule has 8 atom stereocenters. The molecule has 0 aliphatic heterocycles. The van der Waals surface area contributed by atoms with E-state index < -0.39 is 10.8 Å². The Kier molecular flexibility index (Phi) is 5.64. The summed E-state index contributed by atoms with van der Waals surface area (Å²) in [6.45, 7) is 13.3. The molecule has 0 amide bonds. The zero-order chi connectivity index (χ0) is 26.5. The second-order valence-electron chi connectivity index (χ2n) is 14.8. The molecular formula is C31H46O5. The number of hydrogen-bond acceptors (Lipinski definition) is 5. The van der Waals surface area contributed by atoms with Crippen molar-refractivity contribution in [1.29, 1.82) is 0 Å². The van der Waals surface area contributed by atoms with Gasteiger partial charge in [-0.15, -0.1) is 0 Å². The van der Waals surface area contributed by atoms with Crippen LogP contribution in [0.4, 0.5) is 0 Å². The van der Waals surface area contributed by atoms with Gasteiger partial charge in [0, 0.05) is 12.3 Å². The predicted octanol–water partition coefficient (Wildman–Crippen LogP) is 5.68. The van der Waals surface area contributed by atoms with Gasteiger partial charge in [0.05, 0.1) is 24.5 Å². The largest absolute Gasteiger partial charge is 0.469 e. The van der Waals surface area contributed by atoms with Crippen molar-refractivity contribution in [1.82, 2.24) is 0 Å². The number of fused-ring (bicyclic) bond motifs is 7. The summed E-state index contributed by atoms with van der Waals surface area (Å²) in [6.07, 6.45) is 9.18. The van der Waals surface area contributed by atoms with Gasteiger partial charge in [0.1, 0.15) is 5.78 Å². The molecule has 0 unspecified atom stereocenters. The van der Waals surface area contributed by atoms with Crippen molar-refractivity contribution in [3.63, 3.8) is 0 Å². The molecule has 0 aromatic rings. The summed E-state index contributed by atoms with van der Waals surface area (Å²) in [6, 6.07) is 0. The monoisotopic (exact) mass is 498 g/mol. The summed E-state index contributed by atoms with van der Waals surface area (Å²) in [5.74, 6) is 0.0230. The lowest BCUT2D eigenvalue weighted by Gasteiger charge is -2.69. The molecule has 5 aliphatic carbocycles. The number of ketones is 2. The molecule has 0 aromatic carbocycles. The molecule has 0 bridgehead atoms. The first-order valence-electron chi connectivity index (χ1n) is 14.1. The van der Waals surface area contributed by atoms with Crippen LogP contribution in [0.3, 0.4) is 0 Å². The number of aliphatic hydroxyl groups excluding tert-OH is 1. The average molecular weight is 499 g/mol. The first kappa shape index (κ1) is 26.1. The van der Waals surface area contributed by atoms with Crippen LogP contribution in [0.15, 0.2) is 11.6 Å². The van der Waals surface area contributed by atoms with Gasteiger partial charge in [-0.1, -0.05) is 47.1 Å². The first-order valence-corrected chi connectivity index (χ1v) is 14.1. The fourth-order valence-electron chi connectivity index (χ4n) is 10.4. The Hall–Kier alpha value is -1.49. The van der Waals surface area contributed by atoms with Crippen molar-refractivity contribution in [2.24, 2.45) is 50.2 Å². The van der Waals surface area contributed by atoms with E-state index in [1.54, 1.807) is 0 Å². The molecule has 0 heterocycles. The first-order chi connectivity index (χ1) is 16.7. The van der Waals surface area contributed by atoms with Crippen molar-refractivity contribution in [3.05, 3.63) is 11.6 Å². The number of allylic oxidation sites excluding steroid dienone is 2. The van der Waals surface area contributed by atoms with Gasteiger partial charge in [0.25, 0.3) is 0 Å². The van der Waals surface area contributed by atoms with Crippen LogP contribution in [0.1, 0.15) is 99.3 Å². The molecule has 0 radical (unpaired) electrons. The molecular weight excluding hydrogens is 452 g/mol. The van der Waals surface area contributed by atoms with E-state index >= 15 is 0 Å². The lowest BCUT2D eigenvalue weighted by atomic mass is 9.34. The highest BCUT2D eigenvalue weighted by Gasteiger charge is 2.71. The minimum Gasteiger partial charge on any atom is -0.469 e. The summed E-state index contributed by atoms with van der Waals surface area (Å²) in [5, 5.41) is 10.4. The molecule has 5 rings (SSSR count). The van der Waals surface area contributed by atoms with Gasteiger partial charge in [0.2, 0.25) is 0 Å². The molecule has 0 spiro atoms. The number of rotatable bonds is 2. The van der Waals surface area contributed by atoms with Crippen LogP contribution in [0.2, 0.25) is 0 Å². The molecule has 5 aliphatic rings. The fraction of sp³-hybridized carbons (Fsp3) is 0.839. The van der Waals surface area contributed by atoms with Crippen LogP contribution < -0.4 is 0 Å². The lowest BCUT2D eigenvalue weighted by Crippen LogP contribution is -2.66. The molecule has 0 aromatic heterocycles. The van der Waals surface area contributed by atoms with Gasteiger partial charge < -0.3 is 9.84 Å². The number of carbonyl (C=O) groups is 3. The number of hydrogen-bond donors (Lipinski definition) is 1. The number of ether oxygens (including phenoxy) is 1. The number of carbonyl (C=O) groups excluding carboxylic acids is 3. The van der Waals surface area contributed by atoms with E-state index in [1.165, 1.54) is 12.7 Å². The van der Waals surface area contributed by atoms with E-state index in [1.807, 2.05) is 13.0 Å². The van der Waals surface area contributed by atoms with Crippen LogP contribution in [0.5, 0.6) is 0 Å². The summed E-state index contributed by atoms with van der Waals surface area (Å²) >= 11 is 0. The molecule has 5 nitrogen and oxygen atoms in total. The summed E-state index contributed by atoms with van der Waals surface area (Å²) in [7, 11) is 1.49. The smallest absolute Gasteiger partial charge is 0.312 e. The highest BCUT2D eigenvalue weighted by Crippen LogP contribution is 2.75. The van der Waals surface area contributed by atoms with E-state index in [0.717, 1.165) is 51.4 Å². The predicted molar refractivity (Wildman–Crippen MR) is 138 cm³/mol. The maximum Gasteiger partial charge on any atom is 0.312 e. The Labute approximate surface area is 216 Å².